The Morgan fingerprint density at radius 1 is 1.53 bits per heavy atom. The lowest BCUT2D eigenvalue weighted by Gasteiger charge is -2.17. The van der Waals surface area contributed by atoms with Gasteiger partial charge in [0.2, 0.25) is 0 Å². The van der Waals surface area contributed by atoms with Crippen molar-refractivity contribution in [2.24, 2.45) is 0 Å². The van der Waals surface area contributed by atoms with Gasteiger partial charge in [0.05, 0.1) is 0 Å². The molecule has 1 rings (SSSR count). The van der Waals surface area contributed by atoms with Crippen LogP contribution in [0.1, 0.15) is 25.7 Å². The van der Waals surface area contributed by atoms with Crippen LogP contribution < -0.4 is 5.32 Å². The molecule has 1 N–H and O–H groups in total. The molecule has 4 heteroatoms. The average molecular weight is 219 g/mol. The van der Waals surface area contributed by atoms with Crippen LogP contribution in [0.3, 0.4) is 0 Å². The maximum atomic E-state index is 11.8. The molecule has 0 spiro atoms. The first-order valence-corrected chi connectivity index (χ1v) is 5.46. The lowest BCUT2D eigenvalue weighted by molar-refractivity contribution is 0.0153. The monoisotopic (exact) mass is 219 g/mol. The van der Waals surface area contributed by atoms with Crippen molar-refractivity contribution < 1.29 is 13.5 Å². The number of nitrogens with one attached hydrogen (secondary N) is 1. The van der Waals surface area contributed by atoms with Gasteiger partial charge in [0, 0.05) is 12.6 Å². The summed E-state index contributed by atoms with van der Waals surface area (Å²) in [6.45, 7) is -0.0529. The molecule has 0 fully saturated rings. The van der Waals surface area contributed by atoms with Crippen LogP contribution in [0.25, 0.3) is 0 Å². The summed E-state index contributed by atoms with van der Waals surface area (Å²) in [6, 6.07) is 0.296. The molecule has 1 atom stereocenters. The van der Waals surface area contributed by atoms with Gasteiger partial charge in [-0.2, -0.15) is 0 Å². The highest BCUT2D eigenvalue weighted by Gasteiger charge is 2.15. The summed E-state index contributed by atoms with van der Waals surface area (Å²) in [7, 11) is 1.90. The lowest BCUT2D eigenvalue weighted by atomic mass is 10.0. The van der Waals surface area contributed by atoms with Gasteiger partial charge in [0.25, 0.3) is 6.43 Å². The van der Waals surface area contributed by atoms with Crippen molar-refractivity contribution in [3.63, 3.8) is 0 Å². The van der Waals surface area contributed by atoms with Crippen molar-refractivity contribution >= 4 is 0 Å². The summed E-state index contributed by atoms with van der Waals surface area (Å²) in [5, 5.41) is 3.20. The summed E-state index contributed by atoms with van der Waals surface area (Å²) in [5.74, 6) is 0. The van der Waals surface area contributed by atoms with Gasteiger partial charge < -0.3 is 10.1 Å². The van der Waals surface area contributed by atoms with Crippen LogP contribution in [0, 0.1) is 0 Å². The van der Waals surface area contributed by atoms with E-state index >= 15 is 0 Å². The van der Waals surface area contributed by atoms with E-state index in [-0.39, 0.29) is 0 Å². The lowest BCUT2D eigenvalue weighted by Crippen LogP contribution is -2.28. The minimum Gasteiger partial charge on any atom is -0.375 e. The van der Waals surface area contributed by atoms with Crippen molar-refractivity contribution in [1.29, 1.82) is 0 Å². The normalized spacial score (nSPS) is 18.3. The molecule has 0 amide bonds. The maximum Gasteiger partial charge on any atom is 0.261 e. The van der Waals surface area contributed by atoms with Gasteiger partial charge in [-0.15, -0.1) is 0 Å². The van der Waals surface area contributed by atoms with E-state index < -0.39 is 13.0 Å². The number of hydrogen-bond acceptors (Lipinski definition) is 2. The van der Waals surface area contributed by atoms with E-state index in [0.717, 1.165) is 19.3 Å². The first-order valence-electron chi connectivity index (χ1n) is 5.46. The van der Waals surface area contributed by atoms with Crippen molar-refractivity contribution in [2.75, 3.05) is 20.3 Å². The Balaban J connectivity index is 2.16. The summed E-state index contributed by atoms with van der Waals surface area (Å²) in [5.41, 5.74) is 1.40. The summed E-state index contributed by atoms with van der Waals surface area (Å²) in [4.78, 5) is 0. The van der Waals surface area contributed by atoms with Gasteiger partial charge in [0.15, 0.2) is 0 Å². The van der Waals surface area contributed by atoms with Crippen LogP contribution in [0.2, 0.25) is 0 Å². The minimum absolute atomic E-state index is 0.296. The number of likely N-dealkylation sites (N-methyl/N-ethyl adjacent to an activating group) is 1. The van der Waals surface area contributed by atoms with Crippen LogP contribution in [-0.2, 0) is 4.74 Å². The number of halogens is 2. The third-order valence-electron chi connectivity index (χ3n) is 2.67. The number of rotatable bonds is 7. The van der Waals surface area contributed by atoms with Gasteiger partial charge >= 0.3 is 0 Å². The fourth-order valence-corrected chi connectivity index (χ4v) is 1.90. The Morgan fingerprint density at radius 2 is 2.33 bits per heavy atom. The van der Waals surface area contributed by atoms with E-state index in [1.54, 1.807) is 0 Å². The Hall–Kier alpha value is -0.480. The first-order chi connectivity index (χ1) is 7.24. The SMILES string of the molecule is CNC(CCOCC(F)F)C1=CCCC1. The van der Waals surface area contributed by atoms with Crippen molar-refractivity contribution in [1.82, 2.24) is 5.32 Å². The largest absolute Gasteiger partial charge is 0.375 e. The molecule has 2 nitrogen and oxygen atoms in total. The van der Waals surface area contributed by atoms with Crippen LogP contribution in [0.15, 0.2) is 11.6 Å². The Morgan fingerprint density at radius 3 is 2.87 bits per heavy atom. The molecule has 1 aliphatic carbocycles. The molecular weight excluding hydrogens is 200 g/mol. The van der Waals surface area contributed by atoms with Crippen molar-refractivity contribution in [3.8, 4) is 0 Å². The fourth-order valence-electron chi connectivity index (χ4n) is 1.90. The van der Waals surface area contributed by atoms with Crippen LogP contribution in [-0.4, -0.2) is 32.7 Å². The molecule has 0 saturated carbocycles. The molecular formula is C11H19F2NO. The van der Waals surface area contributed by atoms with Crippen LogP contribution in [0.4, 0.5) is 8.78 Å². The Labute approximate surface area is 89.7 Å². The molecule has 0 radical (unpaired) electrons. The van der Waals surface area contributed by atoms with E-state index in [1.165, 1.54) is 12.0 Å². The number of ether oxygens (including phenoxy) is 1. The minimum atomic E-state index is -2.36. The second kappa shape index (κ2) is 6.90. The zero-order valence-corrected chi connectivity index (χ0v) is 9.14. The number of alkyl halides is 2. The zero-order chi connectivity index (χ0) is 11.1. The van der Waals surface area contributed by atoms with E-state index in [2.05, 4.69) is 11.4 Å². The molecule has 0 aromatic rings. The molecule has 0 aromatic heterocycles. The summed E-state index contributed by atoms with van der Waals surface area (Å²) >= 11 is 0. The smallest absolute Gasteiger partial charge is 0.261 e. The molecule has 0 aromatic carbocycles. The van der Waals surface area contributed by atoms with Crippen LogP contribution in [0.5, 0.6) is 0 Å². The van der Waals surface area contributed by atoms with Gasteiger partial charge in [-0.05, 0) is 32.7 Å². The van der Waals surface area contributed by atoms with Crippen LogP contribution >= 0.6 is 0 Å². The second-order valence-corrected chi connectivity index (χ2v) is 3.77. The molecule has 1 unspecified atom stereocenters. The van der Waals surface area contributed by atoms with Gasteiger partial charge in [-0.1, -0.05) is 11.6 Å². The molecule has 0 saturated heterocycles. The third-order valence-corrected chi connectivity index (χ3v) is 2.67. The summed E-state index contributed by atoms with van der Waals surface area (Å²) in [6.07, 6.45) is 4.14. The average Bonchev–Trinajstić information content (AvgIpc) is 2.70. The van der Waals surface area contributed by atoms with E-state index in [1.807, 2.05) is 7.05 Å². The van der Waals surface area contributed by atoms with Gasteiger partial charge in [0.1, 0.15) is 6.61 Å². The Kier molecular flexibility index (Phi) is 5.79. The highest BCUT2D eigenvalue weighted by atomic mass is 19.3. The highest BCUT2D eigenvalue weighted by molar-refractivity contribution is 5.14. The fraction of sp³-hybridized carbons (Fsp3) is 0.818. The maximum absolute atomic E-state index is 11.8. The highest BCUT2D eigenvalue weighted by Crippen LogP contribution is 2.22. The molecule has 0 aliphatic heterocycles. The number of hydrogen-bond donors (Lipinski definition) is 1. The predicted octanol–water partition coefficient (Wildman–Crippen LogP) is 2.36. The topological polar surface area (TPSA) is 21.3 Å². The standard InChI is InChI=1S/C11H19F2NO/c1-14-10(9-4-2-3-5-9)6-7-15-8-11(12)13/h4,10-11,14H,2-3,5-8H2,1H3. The summed E-state index contributed by atoms with van der Waals surface area (Å²) < 4.78 is 28.4. The van der Waals surface area contributed by atoms with E-state index in [0.29, 0.717) is 12.6 Å². The Bertz CT molecular complexity index is 207. The molecule has 1 aliphatic rings. The van der Waals surface area contributed by atoms with E-state index in [4.69, 9.17) is 4.74 Å². The molecule has 15 heavy (non-hydrogen) atoms. The zero-order valence-electron chi connectivity index (χ0n) is 9.14. The third kappa shape index (κ3) is 4.71. The molecule has 0 bridgehead atoms. The van der Waals surface area contributed by atoms with Gasteiger partial charge in [-0.3, -0.25) is 0 Å². The molecule has 0 heterocycles. The first kappa shape index (κ1) is 12.6. The van der Waals surface area contributed by atoms with Gasteiger partial charge in [-0.25, -0.2) is 8.78 Å². The van der Waals surface area contributed by atoms with Crippen molar-refractivity contribution in [2.45, 2.75) is 38.2 Å². The van der Waals surface area contributed by atoms with Crippen molar-refractivity contribution in [3.05, 3.63) is 11.6 Å². The molecule has 88 valence electrons. The second-order valence-electron chi connectivity index (χ2n) is 3.77. The quantitative estimate of drug-likeness (QED) is 0.524. The predicted molar refractivity (Wildman–Crippen MR) is 56.2 cm³/mol. The van der Waals surface area contributed by atoms with E-state index in [9.17, 15) is 8.78 Å². The number of allylic oxidation sites excluding steroid dienone is 1.